The SMILES string of the molecule is O=[C-]OO.[K+]. The van der Waals surface area contributed by atoms with Gasteiger partial charge >= 0.3 is 51.4 Å². The predicted octanol–water partition coefficient (Wildman–Crippen LogP) is -3.45. The van der Waals surface area contributed by atoms with Crippen molar-refractivity contribution >= 4 is 6.47 Å². The van der Waals surface area contributed by atoms with Crippen LogP contribution in [0.25, 0.3) is 0 Å². The molecule has 0 saturated heterocycles. The molecule has 0 aliphatic rings. The smallest absolute Gasteiger partial charge is 0.509 e. The fourth-order valence-electron chi connectivity index (χ4n) is 0. The Bertz CT molecular complexity index is 20.9. The molecule has 0 aromatic carbocycles. The van der Waals surface area contributed by atoms with E-state index in [-0.39, 0.29) is 51.4 Å². The van der Waals surface area contributed by atoms with Crippen molar-refractivity contribution in [3.63, 3.8) is 0 Å². The predicted molar refractivity (Wildman–Crippen MR) is 9.41 cm³/mol. The van der Waals surface area contributed by atoms with Crippen LogP contribution in [0.15, 0.2) is 0 Å². The molecule has 0 amide bonds. The van der Waals surface area contributed by atoms with Crippen LogP contribution >= 0.6 is 0 Å². The van der Waals surface area contributed by atoms with Gasteiger partial charge in [-0.25, -0.2) is 5.26 Å². The van der Waals surface area contributed by atoms with Gasteiger partial charge in [0.15, 0.2) is 0 Å². The first-order valence-corrected chi connectivity index (χ1v) is 0.591. The molecular weight excluding hydrogens is 99.1 g/mol. The Morgan fingerprint density at radius 2 is 2.00 bits per heavy atom. The number of hydrogen-bond acceptors (Lipinski definition) is 3. The molecule has 0 heterocycles. The molecule has 24 valence electrons. The maximum Gasteiger partial charge on any atom is 1.00 e. The molecule has 0 aromatic rings. The van der Waals surface area contributed by atoms with E-state index in [1.165, 1.54) is 0 Å². The fourth-order valence-corrected chi connectivity index (χ4v) is 0. The molecule has 0 unspecified atom stereocenters. The average Bonchev–Trinajstić information content (AvgIpc) is 1.37. The van der Waals surface area contributed by atoms with Crippen LogP contribution in [0.5, 0.6) is 0 Å². The Kier molecular flexibility index (Phi) is 16.8. The molecule has 0 aromatic heterocycles. The molecule has 1 N–H and O–H groups in total. The summed E-state index contributed by atoms with van der Waals surface area (Å²) in [4.78, 5) is 11.3. The minimum Gasteiger partial charge on any atom is -0.509 e. The zero-order chi connectivity index (χ0) is 3.41. The largest absolute Gasteiger partial charge is 1.00 e. The Morgan fingerprint density at radius 1 is 1.80 bits per heavy atom. The zero-order valence-corrected chi connectivity index (χ0v) is 5.89. The fraction of sp³-hybridized carbons (Fsp3) is 0. The van der Waals surface area contributed by atoms with E-state index in [2.05, 4.69) is 4.89 Å². The first-order chi connectivity index (χ1) is 1.91. The molecule has 0 spiro atoms. The second-order valence-electron chi connectivity index (χ2n) is 0.175. The maximum absolute atomic E-state index is 8.58. The van der Waals surface area contributed by atoms with Crippen LogP contribution in [0, 0.1) is 0 Å². The van der Waals surface area contributed by atoms with E-state index < -0.39 is 0 Å². The molecule has 0 fully saturated rings. The minimum atomic E-state index is 0. The summed E-state index contributed by atoms with van der Waals surface area (Å²) >= 11 is 0. The van der Waals surface area contributed by atoms with Gasteiger partial charge in [0.25, 0.3) is 0 Å². The number of hydrogen-bond donors (Lipinski definition) is 1. The Morgan fingerprint density at radius 3 is 2.00 bits per heavy atom. The Hall–Kier alpha value is 1.07. The van der Waals surface area contributed by atoms with Crippen LogP contribution < -0.4 is 51.4 Å². The van der Waals surface area contributed by atoms with Gasteiger partial charge in [0.2, 0.25) is 0 Å². The van der Waals surface area contributed by atoms with Crippen molar-refractivity contribution in [1.82, 2.24) is 0 Å². The normalized spacial score (nSPS) is 4.20. The summed E-state index contributed by atoms with van der Waals surface area (Å²) in [5, 5.41) is 6.95. The average molecular weight is 100 g/mol. The first kappa shape index (κ1) is 9.42. The number of rotatable bonds is 1. The second kappa shape index (κ2) is 8.91. The molecule has 0 aliphatic carbocycles. The van der Waals surface area contributed by atoms with Gasteiger partial charge in [-0.2, -0.15) is 0 Å². The monoisotopic (exact) mass is 100.0 g/mol. The number of carbonyl (C=O) groups excluding carboxylic acids is 1. The van der Waals surface area contributed by atoms with Gasteiger partial charge in [-0.3, -0.25) is 0 Å². The van der Waals surface area contributed by atoms with Crippen molar-refractivity contribution in [2.75, 3.05) is 0 Å². The van der Waals surface area contributed by atoms with Crippen molar-refractivity contribution in [2.45, 2.75) is 0 Å². The van der Waals surface area contributed by atoms with E-state index in [0.717, 1.165) is 6.47 Å². The molecule has 0 aliphatic heterocycles. The van der Waals surface area contributed by atoms with Crippen LogP contribution in [-0.4, -0.2) is 11.7 Å². The Balaban J connectivity index is 0. The summed E-state index contributed by atoms with van der Waals surface area (Å²) in [5.74, 6) is 0. The van der Waals surface area contributed by atoms with Gasteiger partial charge in [-0.1, -0.05) is 0 Å². The molecule has 0 saturated carbocycles. The van der Waals surface area contributed by atoms with Crippen molar-refractivity contribution in [3.05, 3.63) is 0 Å². The van der Waals surface area contributed by atoms with Crippen molar-refractivity contribution in [1.29, 1.82) is 0 Å². The van der Waals surface area contributed by atoms with Crippen molar-refractivity contribution < 1.29 is 66.3 Å². The van der Waals surface area contributed by atoms with E-state index >= 15 is 0 Å². The summed E-state index contributed by atoms with van der Waals surface area (Å²) in [6.07, 6.45) is 0. The van der Waals surface area contributed by atoms with Crippen LogP contribution in [-0.2, 0) is 9.68 Å². The van der Waals surface area contributed by atoms with Crippen LogP contribution in [0.1, 0.15) is 0 Å². The molecule has 0 rings (SSSR count). The quantitative estimate of drug-likeness (QED) is 0.161. The molecule has 4 heteroatoms. The summed E-state index contributed by atoms with van der Waals surface area (Å²) < 4.78 is 0. The standard InChI is InChI=1S/CHO3.K/c2-1-4-3;/h3H;/q-1;+1. The van der Waals surface area contributed by atoms with Gasteiger partial charge in [-0.05, 0) is 6.47 Å². The summed E-state index contributed by atoms with van der Waals surface area (Å²) in [6, 6.07) is 0. The third kappa shape index (κ3) is 11.2. The molecular formula is CHKO3. The van der Waals surface area contributed by atoms with Gasteiger partial charge in [0.1, 0.15) is 0 Å². The summed E-state index contributed by atoms with van der Waals surface area (Å²) in [6.45, 7) is 0.736. The summed E-state index contributed by atoms with van der Waals surface area (Å²) in [7, 11) is 0. The van der Waals surface area contributed by atoms with E-state index in [0.29, 0.717) is 0 Å². The maximum atomic E-state index is 8.58. The third-order valence-electron chi connectivity index (χ3n) is 0.0373. The minimum absolute atomic E-state index is 0. The van der Waals surface area contributed by atoms with E-state index in [9.17, 15) is 0 Å². The first-order valence-electron chi connectivity index (χ1n) is 0.591. The van der Waals surface area contributed by atoms with Crippen molar-refractivity contribution in [3.8, 4) is 0 Å². The zero-order valence-electron chi connectivity index (χ0n) is 2.76. The van der Waals surface area contributed by atoms with Gasteiger partial charge in [0, 0.05) is 0 Å². The van der Waals surface area contributed by atoms with Gasteiger partial charge in [-0.15, -0.1) is 0 Å². The van der Waals surface area contributed by atoms with Crippen molar-refractivity contribution in [2.24, 2.45) is 0 Å². The van der Waals surface area contributed by atoms with Crippen LogP contribution in [0.3, 0.4) is 0 Å². The van der Waals surface area contributed by atoms with E-state index in [1.807, 2.05) is 0 Å². The molecule has 0 bridgehead atoms. The molecule has 0 radical (unpaired) electrons. The second-order valence-corrected chi connectivity index (χ2v) is 0.175. The van der Waals surface area contributed by atoms with Gasteiger partial charge in [0.05, 0.1) is 0 Å². The van der Waals surface area contributed by atoms with Gasteiger partial charge < -0.3 is 9.68 Å². The topological polar surface area (TPSA) is 46.5 Å². The Labute approximate surface area is 71.7 Å². The summed E-state index contributed by atoms with van der Waals surface area (Å²) in [5.41, 5.74) is 0. The van der Waals surface area contributed by atoms with E-state index in [1.54, 1.807) is 0 Å². The molecule has 3 nitrogen and oxygen atoms in total. The van der Waals surface area contributed by atoms with Crippen LogP contribution in [0.2, 0.25) is 0 Å². The van der Waals surface area contributed by atoms with Crippen LogP contribution in [0.4, 0.5) is 0 Å². The molecule has 5 heavy (non-hydrogen) atoms. The third-order valence-corrected chi connectivity index (χ3v) is 0.0373. The van der Waals surface area contributed by atoms with E-state index in [4.69, 9.17) is 10.1 Å². The molecule has 0 atom stereocenters.